The maximum absolute atomic E-state index is 13.2. The van der Waals surface area contributed by atoms with Crippen molar-refractivity contribution >= 4 is 38.9 Å². The lowest BCUT2D eigenvalue weighted by atomic mass is 9.94. The van der Waals surface area contributed by atoms with E-state index in [1.165, 1.54) is 12.1 Å². The van der Waals surface area contributed by atoms with Crippen molar-refractivity contribution < 1.29 is 18.0 Å². The summed E-state index contributed by atoms with van der Waals surface area (Å²) in [5.41, 5.74) is 2.80. The van der Waals surface area contributed by atoms with Crippen molar-refractivity contribution in [3.05, 3.63) is 94.5 Å². The summed E-state index contributed by atoms with van der Waals surface area (Å²) in [7, 11) is -1.49. The van der Waals surface area contributed by atoms with E-state index in [1.807, 2.05) is 24.3 Å². The van der Waals surface area contributed by atoms with E-state index in [-0.39, 0.29) is 40.8 Å². The fourth-order valence-corrected chi connectivity index (χ4v) is 5.12. The van der Waals surface area contributed by atoms with Crippen LogP contribution in [-0.4, -0.2) is 37.9 Å². The van der Waals surface area contributed by atoms with E-state index in [9.17, 15) is 18.0 Å². The summed E-state index contributed by atoms with van der Waals surface area (Å²) in [6.45, 7) is 5.73. The topological polar surface area (TPSA) is 83.5 Å². The quantitative estimate of drug-likeness (QED) is 0.383. The minimum absolute atomic E-state index is 0.0282. The molecule has 0 saturated heterocycles. The second kappa shape index (κ2) is 11.7. The first-order valence-corrected chi connectivity index (χ1v) is 13.8. The first-order chi connectivity index (χ1) is 17.0. The predicted molar refractivity (Wildman–Crippen MR) is 144 cm³/mol. The van der Waals surface area contributed by atoms with Crippen molar-refractivity contribution in [2.24, 2.45) is 5.92 Å². The second-order valence-electron chi connectivity index (χ2n) is 9.01. The van der Waals surface area contributed by atoms with Gasteiger partial charge in [-0.25, -0.2) is 8.42 Å². The summed E-state index contributed by atoms with van der Waals surface area (Å²) in [6.07, 6.45) is 0.104. The summed E-state index contributed by atoms with van der Waals surface area (Å²) in [5, 5.41) is 3.47. The van der Waals surface area contributed by atoms with E-state index in [4.69, 9.17) is 11.6 Å². The van der Waals surface area contributed by atoms with Gasteiger partial charge >= 0.3 is 0 Å². The number of halogens is 1. The van der Waals surface area contributed by atoms with Crippen LogP contribution in [0, 0.1) is 5.92 Å². The van der Waals surface area contributed by atoms with Crippen molar-refractivity contribution in [2.75, 3.05) is 18.1 Å². The van der Waals surface area contributed by atoms with Gasteiger partial charge in [0.25, 0.3) is 5.91 Å². The highest BCUT2D eigenvalue weighted by molar-refractivity contribution is 7.91. The Morgan fingerprint density at radius 1 is 0.917 bits per heavy atom. The standard InChI is InChI=1S/C28H31ClN2O4S/c1-5-36(34,35)25-16-6-20(7-17-25)18-26(32)30-24-14-10-22(11-15-24)28(33)31(4)27(19(2)3)21-8-12-23(29)13-9-21/h6-17,19,27H,5,18H2,1-4H3,(H,30,32). The normalized spacial score (nSPS) is 12.3. The number of nitrogens with one attached hydrogen (secondary N) is 1. The van der Waals surface area contributed by atoms with Gasteiger partial charge in [0.05, 0.1) is 23.1 Å². The van der Waals surface area contributed by atoms with E-state index in [0.29, 0.717) is 21.8 Å². The summed E-state index contributed by atoms with van der Waals surface area (Å²) >= 11 is 6.03. The molecular weight excluding hydrogens is 496 g/mol. The first kappa shape index (κ1) is 27.4. The van der Waals surface area contributed by atoms with Crippen molar-refractivity contribution in [3.63, 3.8) is 0 Å². The number of benzene rings is 3. The highest BCUT2D eigenvalue weighted by Crippen LogP contribution is 2.30. The Morgan fingerprint density at radius 2 is 1.50 bits per heavy atom. The minimum atomic E-state index is -3.27. The lowest BCUT2D eigenvalue weighted by Gasteiger charge is -2.32. The van der Waals surface area contributed by atoms with Gasteiger partial charge in [0.15, 0.2) is 9.84 Å². The molecular formula is C28H31ClN2O4S. The molecule has 0 aliphatic rings. The number of sulfone groups is 1. The van der Waals surface area contributed by atoms with Crippen LogP contribution in [0.2, 0.25) is 5.02 Å². The van der Waals surface area contributed by atoms with Gasteiger partial charge in [-0.1, -0.05) is 56.6 Å². The van der Waals surface area contributed by atoms with Crippen LogP contribution in [-0.2, 0) is 21.1 Å². The van der Waals surface area contributed by atoms with Gasteiger partial charge in [-0.05, 0) is 65.6 Å². The van der Waals surface area contributed by atoms with Crippen molar-refractivity contribution in [1.82, 2.24) is 4.90 Å². The van der Waals surface area contributed by atoms with Gasteiger partial charge in [0.2, 0.25) is 5.91 Å². The third-order valence-corrected chi connectivity index (χ3v) is 8.03. The third-order valence-electron chi connectivity index (χ3n) is 6.02. The maximum Gasteiger partial charge on any atom is 0.254 e. The van der Waals surface area contributed by atoms with E-state index in [0.717, 1.165) is 5.56 Å². The van der Waals surface area contributed by atoms with Gasteiger partial charge in [-0.15, -0.1) is 0 Å². The lowest BCUT2D eigenvalue weighted by molar-refractivity contribution is -0.115. The zero-order valence-corrected chi connectivity index (χ0v) is 22.4. The van der Waals surface area contributed by atoms with E-state index in [2.05, 4.69) is 19.2 Å². The van der Waals surface area contributed by atoms with Crippen LogP contribution >= 0.6 is 11.6 Å². The Kier molecular flexibility index (Phi) is 8.93. The number of rotatable bonds is 9. The van der Waals surface area contributed by atoms with Crippen molar-refractivity contribution in [2.45, 2.75) is 38.1 Å². The first-order valence-electron chi connectivity index (χ1n) is 11.8. The molecule has 1 atom stereocenters. The molecule has 190 valence electrons. The number of hydrogen-bond donors (Lipinski definition) is 1. The number of nitrogens with zero attached hydrogens (tertiary/aromatic N) is 1. The number of carbonyl (C=O) groups is 2. The Morgan fingerprint density at radius 3 is 2.03 bits per heavy atom. The SMILES string of the molecule is CCS(=O)(=O)c1ccc(CC(=O)Nc2ccc(C(=O)N(C)C(c3ccc(Cl)cc3)C(C)C)cc2)cc1. The molecule has 0 aliphatic carbocycles. The molecule has 8 heteroatoms. The Balaban J connectivity index is 1.65. The second-order valence-corrected chi connectivity index (χ2v) is 11.7. The van der Waals surface area contributed by atoms with Crippen LogP contribution in [0.1, 0.15) is 48.3 Å². The molecule has 0 aromatic heterocycles. The molecule has 0 radical (unpaired) electrons. The fourth-order valence-electron chi connectivity index (χ4n) is 4.11. The molecule has 0 saturated carbocycles. The summed E-state index contributed by atoms with van der Waals surface area (Å²) in [4.78, 5) is 27.6. The molecule has 0 aliphatic heterocycles. The van der Waals surface area contributed by atoms with Crippen LogP contribution in [0.25, 0.3) is 0 Å². The largest absolute Gasteiger partial charge is 0.334 e. The van der Waals surface area contributed by atoms with Gasteiger partial charge < -0.3 is 10.2 Å². The number of carbonyl (C=O) groups excluding carboxylic acids is 2. The van der Waals surface area contributed by atoms with Gasteiger partial charge in [-0.3, -0.25) is 9.59 Å². The fraction of sp³-hybridized carbons (Fsp3) is 0.286. The zero-order chi connectivity index (χ0) is 26.5. The van der Waals surface area contributed by atoms with Crippen LogP contribution in [0.15, 0.2) is 77.7 Å². The molecule has 3 aromatic rings. The van der Waals surface area contributed by atoms with Crippen LogP contribution < -0.4 is 5.32 Å². The molecule has 2 amide bonds. The summed E-state index contributed by atoms with van der Waals surface area (Å²) in [5.74, 6) is -0.140. The minimum Gasteiger partial charge on any atom is -0.334 e. The molecule has 0 heterocycles. The third kappa shape index (κ3) is 6.74. The van der Waals surface area contributed by atoms with Crippen LogP contribution in [0.3, 0.4) is 0 Å². The molecule has 0 fully saturated rings. The van der Waals surface area contributed by atoms with Gasteiger partial charge in [0, 0.05) is 23.3 Å². The van der Waals surface area contributed by atoms with E-state index >= 15 is 0 Å². The molecule has 6 nitrogen and oxygen atoms in total. The van der Waals surface area contributed by atoms with Gasteiger partial charge in [-0.2, -0.15) is 0 Å². The van der Waals surface area contributed by atoms with Crippen molar-refractivity contribution in [3.8, 4) is 0 Å². The molecule has 1 unspecified atom stereocenters. The van der Waals surface area contributed by atoms with Crippen LogP contribution in [0.4, 0.5) is 5.69 Å². The van der Waals surface area contributed by atoms with E-state index in [1.54, 1.807) is 55.3 Å². The summed E-state index contributed by atoms with van der Waals surface area (Å²) in [6, 6.07) is 20.5. The van der Waals surface area contributed by atoms with Crippen LogP contribution in [0.5, 0.6) is 0 Å². The van der Waals surface area contributed by atoms with E-state index < -0.39 is 9.84 Å². The average Bonchev–Trinajstić information content (AvgIpc) is 2.85. The highest BCUT2D eigenvalue weighted by Gasteiger charge is 2.25. The average molecular weight is 527 g/mol. The Bertz CT molecular complexity index is 1300. The molecule has 3 aromatic carbocycles. The molecule has 0 bridgehead atoms. The number of hydrogen-bond acceptors (Lipinski definition) is 4. The lowest BCUT2D eigenvalue weighted by Crippen LogP contribution is -2.34. The summed E-state index contributed by atoms with van der Waals surface area (Å²) < 4.78 is 23.9. The monoisotopic (exact) mass is 526 g/mol. The smallest absolute Gasteiger partial charge is 0.254 e. The Hall–Kier alpha value is -3.16. The van der Waals surface area contributed by atoms with Gasteiger partial charge in [0.1, 0.15) is 0 Å². The molecule has 3 rings (SSSR count). The predicted octanol–water partition coefficient (Wildman–Crippen LogP) is 5.78. The Labute approximate surface area is 218 Å². The number of anilines is 1. The highest BCUT2D eigenvalue weighted by atomic mass is 35.5. The molecule has 36 heavy (non-hydrogen) atoms. The van der Waals surface area contributed by atoms with Crippen molar-refractivity contribution in [1.29, 1.82) is 0 Å². The zero-order valence-electron chi connectivity index (χ0n) is 20.9. The maximum atomic E-state index is 13.2. The molecule has 0 spiro atoms. The molecule has 1 N–H and O–H groups in total. The number of amides is 2.